The van der Waals surface area contributed by atoms with Crippen molar-refractivity contribution in [3.63, 3.8) is 0 Å². The molecule has 1 saturated heterocycles. The molecule has 0 aliphatic carbocycles. The van der Waals surface area contributed by atoms with Crippen molar-refractivity contribution in [2.75, 3.05) is 26.7 Å². The van der Waals surface area contributed by atoms with Gasteiger partial charge in [0, 0.05) is 20.1 Å². The van der Waals surface area contributed by atoms with Gasteiger partial charge in [-0.1, -0.05) is 19.1 Å². The number of aliphatic hydroxyl groups is 1. The van der Waals surface area contributed by atoms with Gasteiger partial charge in [0.05, 0.1) is 6.04 Å². The SMILES string of the molecule is CCc1cccc(OCC(O)CNC2CCN(C)C2=O)c1. The lowest BCUT2D eigenvalue weighted by Gasteiger charge is -2.16. The van der Waals surface area contributed by atoms with E-state index in [1.54, 1.807) is 11.9 Å². The molecule has 1 aliphatic heterocycles. The molecule has 2 rings (SSSR count). The zero-order valence-electron chi connectivity index (χ0n) is 12.7. The molecule has 1 aromatic rings. The molecule has 1 amide bonds. The highest BCUT2D eigenvalue weighted by Gasteiger charge is 2.28. The van der Waals surface area contributed by atoms with E-state index in [0.717, 1.165) is 25.1 Å². The third-order valence-electron chi connectivity index (χ3n) is 3.78. The number of likely N-dealkylation sites (N-methyl/N-ethyl adjacent to an activating group) is 1. The second-order valence-electron chi connectivity index (χ2n) is 5.48. The Morgan fingerprint density at radius 3 is 3.00 bits per heavy atom. The van der Waals surface area contributed by atoms with Crippen LogP contribution >= 0.6 is 0 Å². The fourth-order valence-corrected chi connectivity index (χ4v) is 2.40. The monoisotopic (exact) mass is 292 g/mol. The standard InChI is InChI=1S/C16H24N2O3/c1-3-12-5-4-6-14(9-12)21-11-13(19)10-17-15-7-8-18(2)16(15)20/h4-6,9,13,15,17,19H,3,7-8,10-11H2,1-2H3. The summed E-state index contributed by atoms with van der Waals surface area (Å²) in [7, 11) is 1.80. The summed E-state index contributed by atoms with van der Waals surface area (Å²) >= 11 is 0. The molecule has 1 heterocycles. The van der Waals surface area contributed by atoms with E-state index in [2.05, 4.69) is 12.2 Å². The summed E-state index contributed by atoms with van der Waals surface area (Å²) < 4.78 is 5.59. The molecule has 5 heteroatoms. The van der Waals surface area contributed by atoms with Crippen LogP contribution in [0.5, 0.6) is 5.75 Å². The first-order chi connectivity index (χ1) is 10.1. The van der Waals surface area contributed by atoms with Gasteiger partial charge in [-0.15, -0.1) is 0 Å². The average molecular weight is 292 g/mol. The van der Waals surface area contributed by atoms with Crippen LogP contribution < -0.4 is 10.1 Å². The number of benzene rings is 1. The van der Waals surface area contributed by atoms with E-state index in [9.17, 15) is 9.90 Å². The van der Waals surface area contributed by atoms with Gasteiger partial charge < -0.3 is 20.1 Å². The molecule has 0 saturated carbocycles. The zero-order valence-corrected chi connectivity index (χ0v) is 12.7. The van der Waals surface area contributed by atoms with Gasteiger partial charge in [-0.05, 0) is 30.5 Å². The Morgan fingerprint density at radius 1 is 1.52 bits per heavy atom. The van der Waals surface area contributed by atoms with Crippen molar-refractivity contribution in [2.24, 2.45) is 0 Å². The summed E-state index contributed by atoms with van der Waals surface area (Å²) in [5.41, 5.74) is 1.21. The molecule has 1 aromatic carbocycles. The first-order valence-electron chi connectivity index (χ1n) is 7.48. The Morgan fingerprint density at radius 2 is 2.33 bits per heavy atom. The molecule has 1 fully saturated rings. The predicted molar refractivity (Wildman–Crippen MR) is 81.4 cm³/mol. The molecular weight excluding hydrogens is 268 g/mol. The van der Waals surface area contributed by atoms with Crippen molar-refractivity contribution >= 4 is 5.91 Å². The summed E-state index contributed by atoms with van der Waals surface area (Å²) in [5, 5.41) is 13.0. The Bertz CT molecular complexity index is 478. The summed E-state index contributed by atoms with van der Waals surface area (Å²) in [4.78, 5) is 13.4. The minimum atomic E-state index is -0.631. The Kier molecular flexibility index (Phi) is 5.59. The highest BCUT2D eigenvalue weighted by molar-refractivity contribution is 5.83. The first kappa shape index (κ1) is 15.8. The lowest BCUT2D eigenvalue weighted by atomic mass is 10.2. The number of amides is 1. The maximum Gasteiger partial charge on any atom is 0.239 e. The van der Waals surface area contributed by atoms with Crippen LogP contribution in [0.2, 0.25) is 0 Å². The van der Waals surface area contributed by atoms with Gasteiger partial charge in [0.15, 0.2) is 0 Å². The number of ether oxygens (including phenoxy) is 1. The topological polar surface area (TPSA) is 61.8 Å². The number of aliphatic hydroxyl groups excluding tert-OH is 1. The predicted octanol–water partition coefficient (Wildman–Crippen LogP) is 0.809. The molecule has 2 atom stereocenters. The van der Waals surface area contributed by atoms with Crippen molar-refractivity contribution in [3.8, 4) is 5.75 Å². The van der Waals surface area contributed by atoms with Crippen LogP contribution in [-0.2, 0) is 11.2 Å². The molecule has 0 spiro atoms. The number of rotatable bonds is 7. The van der Waals surface area contributed by atoms with Gasteiger partial charge in [-0.25, -0.2) is 0 Å². The first-order valence-corrected chi connectivity index (χ1v) is 7.48. The van der Waals surface area contributed by atoms with Crippen LogP contribution in [0.1, 0.15) is 18.9 Å². The third kappa shape index (κ3) is 4.44. The van der Waals surface area contributed by atoms with Crippen LogP contribution in [0.15, 0.2) is 24.3 Å². The van der Waals surface area contributed by atoms with Crippen molar-refractivity contribution in [1.82, 2.24) is 10.2 Å². The van der Waals surface area contributed by atoms with Gasteiger partial charge in [-0.2, -0.15) is 0 Å². The zero-order chi connectivity index (χ0) is 15.2. The highest BCUT2D eigenvalue weighted by Crippen LogP contribution is 2.14. The van der Waals surface area contributed by atoms with E-state index in [1.807, 2.05) is 24.3 Å². The summed E-state index contributed by atoms with van der Waals surface area (Å²) in [6.07, 6.45) is 1.12. The van der Waals surface area contributed by atoms with E-state index >= 15 is 0 Å². The number of nitrogens with one attached hydrogen (secondary N) is 1. The normalized spacial score (nSPS) is 19.9. The Labute approximate surface area is 125 Å². The number of nitrogens with zero attached hydrogens (tertiary/aromatic N) is 1. The van der Waals surface area contributed by atoms with Crippen molar-refractivity contribution in [3.05, 3.63) is 29.8 Å². The van der Waals surface area contributed by atoms with Gasteiger partial charge >= 0.3 is 0 Å². The van der Waals surface area contributed by atoms with Crippen LogP contribution in [0.25, 0.3) is 0 Å². The average Bonchev–Trinajstić information content (AvgIpc) is 2.83. The molecule has 2 unspecified atom stereocenters. The van der Waals surface area contributed by atoms with E-state index in [0.29, 0.717) is 6.54 Å². The third-order valence-corrected chi connectivity index (χ3v) is 3.78. The number of hydrogen-bond acceptors (Lipinski definition) is 4. The van der Waals surface area contributed by atoms with Crippen molar-refractivity contribution in [2.45, 2.75) is 31.9 Å². The number of likely N-dealkylation sites (tertiary alicyclic amines) is 1. The molecule has 21 heavy (non-hydrogen) atoms. The van der Waals surface area contributed by atoms with E-state index in [1.165, 1.54) is 5.56 Å². The second-order valence-corrected chi connectivity index (χ2v) is 5.48. The Balaban J connectivity index is 1.72. The van der Waals surface area contributed by atoms with Gasteiger partial charge in [0.25, 0.3) is 0 Å². The molecule has 5 nitrogen and oxygen atoms in total. The number of hydrogen-bond donors (Lipinski definition) is 2. The maximum atomic E-state index is 11.7. The number of aryl methyl sites for hydroxylation is 1. The second kappa shape index (κ2) is 7.43. The highest BCUT2D eigenvalue weighted by atomic mass is 16.5. The summed E-state index contributed by atoms with van der Waals surface area (Å²) in [6.45, 7) is 3.44. The summed E-state index contributed by atoms with van der Waals surface area (Å²) in [5.74, 6) is 0.865. The van der Waals surface area contributed by atoms with E-state index in [-0.39, 0.29) is 18.6 Å². The van der Waals surface area contributed by atoms with Gasteiger partial charge in [0.1, 0.15) is 18.5 Å². The van der Waals surface area contributed by atoms with Gasteiger partial charge in [0.2, 0.25) is 5.91 Å². The number of carbonyl (C=O) groups excluding carboxylic acids is 1. The van der Waals surface area contributed by atoms with Gasteiger partial charge in [-0.3, -0.25) is 4.79 Å². The molecule has 116 valence electrons. The van der Waals surface area contributed by atoms with Crippen LogP contribution in [-0.4, -0.2) is 54.8 Å². The van der Waals surface area contributed by atoms with Crippen LogP contribution in [0, 0.1) is 0 Å². The maximum absolute atomic E-state index is 11.7. The Hall–Kier alpha value is -1.59. The molecule has 0 aromatic heterocycles. The fraction of sp³-hybridized carbons (Fsp3) is 0.562. The lowest BCUT2D eigenvalue weighted by molar-refractivity contribution is -0.128. The molecular formula is C16H24N2O3. The quantitative estimate of drug-likeness (QED) is 0.781. The fourth-order valence-electron chi connectivity index (χ4n) is 2.40. The summed E-state index contributed by atoms with van der Waals surface area (Å²) in [6, 6.07) is 7.69. The largest absolute Gasteiger partial charge is 0.491 e. The van der Waals surface area contributed by atoms with Crippen molar-refractivity contribution in [1.29, 1.82) is 0 Å². The van der Waals surface area contributed by atoms with Crippen molar-refractivity contribution < 1.29 is 14.6 Å². The lowest BCUT2D eigenvalue weighted by Crippen LogP contribution is -2.42. The van der Waals surface area contributed by atoms with Crippen LogP contribution in [0.4, 0.5) is 0 Å². The molecule has 0 bridgehead atoms. The number of carbonyl (C=O) groups is 1. The van der Waals surface area contributed by atoms with Crippen LogP contribution in [0.3, 0.4) is 0 Å². The minimum Gasteiger partial charge on any atom is -0.491 e. The van der Waals surface area contributed by atoms with E-state index in [4.69, 9.17) is 4.74 Å². The molecule has 1 aliphatic rings. The smallest absolute Gasteiger partial charge is 0.239 e. The molecule has 2 N–H and O–H groups in total. The minimum absolute atomic E-state index is 0.0961. The van der Waals surface area contributed by atoms with E-state index < -0.39 is 6.10 Å². The molecule has 0 radical (unpaired) electrons.